The van der Waals surface area contributed by atoms with Gasteiger partial charge in [-0.05, 0) is 19.1 Å². The van der Waals surface area contributed by atoms with E-state index in [0.717, 1.165) is 4.88 Å². The van der Waals surface area contributed by atoms with E-state index in [4.69, 9.17) is 11.5 Å². The molecule has 0 saturated heterocycles. The average molecular weight is 182 g/mol. The number of nitrogens with zero attached hydrogens (tertiary/aromatic N) is 2. The number of thiophene rings is 1. The molecule has 0 amide bonds. The van der Waals surface area contributed by atoms with Crippen molar-refractivity contribution in [3.63, 3.8) is 0 Å². The maximum atomic E-state index is 5.08. The molecule has 64 valence electrons. The summed E-state index contributed by atoms with van der Waals surface area (Å²) in [5.74, 6) is -0.0282. The van der Waals surface area contributed by atoms with Crippen molar-refractivity contribution in [3.05, 3.63) is 21.9 Å². The van der Waals surface area contributed by atoms with Crippen molar-refractivity contribution in [3.8, 4) is 0 Å². The summed E-state index contributed by atoms with van der Waals surface area (Å²) in [6.45, 7) is 2.03. The summed E-state index contributed by atoms with van der Waals surface area (Å²) in [4.78, 5) is 2.28. The van der Waals surface area contributed by atoms with Gasteiger partial charge >= 0.3 is 0 Å². The Balaban J connectivity index is 2.64. The van der Waals surface area contributed by atoms with Crippen molar-refractivity contribution in [2.45, 2.75) is 6.92 Å². The second-order valence-corrected chi connectivity index (χ2v) is 3.54. The molecule has 0 aliphatic heterocycles. The molecule has 1 heterocycles. The second-order valence-electron chi connectivity index (χ2n) is 2.22. The Labute approximate surface area is 74.6 Å². The van der Waals surface area contributed by atoms with Crippen LogP contribution in [0.4, 0.5) is 0 Å². The van der Waals surface area contributed by atoms with E-state index in [1.165, 1.54) is 4.88 Å². The van der Waals surface area contributed by atoms with Gasteiger partial charge in [0.15, 0.2) is 0 Å². The van der Waals surface area contributed by atoms with Crippen LogP contribution in [0.5, 0.6) is 0 Å². The molecule has 0 atom stereocenters. The fourth-order valence-electron chi connectivity index (χ4n) is 0.675. The standard InChI is InChI=1S/C7H10N4S/c1-5-2-3-6(12-5)4-10-11-7(8)9/h2-4H,1H3,(H4,8,9,11). The Bertz CT molecular complexity index is 309. The molecule has 12 heavy (non-hydrogen) atoms. The fourth-order valence-corrected chi connectivity index (χ4v) is 1.42. The van der Waals surface area contributed by atoms with E-state index >= 15 is 0 Å². The van der Waals surface area contributed by atoms with Crippen LogP contribution < -0.4 is 11.5 Å². The summed E-state index contributed by atoms with van der Waals surface area (Å²) < 4.78 is 0. The largest absolute Gasteiger partial charge is 0.369 e. The van der Waals surface area contributed by atoms with E-state index in [1.807, 2.05) is 19.1 Å². The molecule has 0 aromatic carbocycles. The average Bonchev–Trinajstić information content (AvgIpc) is 2.35. The van der Waals surface area contributed by atoms with Gasteiger partial charge in [0.05, 0.1) is 6.21 Å². The number of hydrogen-bond donors (Lipinski definition) is 2. The number of nitrogens with two attached hydrogens (primary N) is 2. The molecule has 0 spiro atoms. The van der Waals surface area contributed by atoms with Crippen molar-refractivity contribution < 1.29 is 0 Å². The van der Waals surface area contributed by atoms with Crippen LogP contribution in [-0.4, -0.2) is 12.2 Å². The van der Waals surface area contributed by atoms with Crippen LogP contribution in [0.1, 0.15) is 9.75 Å². The second kappa shape index (κ2) is 3.87. The molecule has 1 aromatic heterocycles. The Morgan fingerprint density at radius 1 is 1.50 bits per heavy atom. The zero-order valence-electron chi connectivity index (χ0n) is 6.69. The molecular formula is C7H10N4S. The van der Waals surface area contributed by atoms with Gasteiger partial charge in [-0.2, -0.15) is 5.10 Å². The molecule has 0 bridgehead atoms. The molecule has 0 fully saturated rings. The zero-order valence-corrected chi connectivity index (χ0v) is 7.51. The highest BCUT2D eigenvalue weighted by atomic mass is 32.1. The molecule has 1 aromatic rings. The molecule has 1 rings (SSSR count). The number of rotatable bonds is 2. The summed E-state index contributed by atoms with van der Waals surface area (Å²) >= 11 is 1.64. The van der Waals surface area contributed by atoms with Crippen LogP contribution in [-0.2, 0) is 0 Å². The molecule has 0 radical (unpaired) electrons. The van der Waals surface area contributed by atoms with E-state index in [1.54, 1.807) is 17.6 Å². The Morgan fingerprint density at radius 3 is 2.75 bits per heavy atom. The lowest BCUT2D eigenvalue weighted by Crippen LogP contribution is -2.21. The number of aryl methyl sites for hydroxylation is 1. The smallest absolute Gasteiger partial charge is 0.211 e. The third-order valence-electron chi connectivity index (χ3n) is 1.12. The van der Waals surface area contributed by atoms with E-state index < -0.39 is 0 Å². The van der Waals surface area contributed by atoms with E-state index in [2.05, 4.69) is 10.2 Å². The van der Waals surface area contributed by atoms with Crippen LogP contribution >= 0.6 is 11.3 Å². The normalized spacial score (nSPS) is 10.4. The Morgan fingerprint density at radius 2 is 2.25 bits per heavy atom. The quantitative estimate of drug-likeness (QED) is 0.400. The molecular weight excluding hydrogens is 172 g/mol. The van der Waals surface area contributed by atoms with Crippen molar-refractivity contribution in [2.24, 2.45) is 21.7 Å². The minimum Gasteiger partial charge on any atom is -0.369 e. The predicted molar refractivity (Wildman–Crippen MR) is 52.5 cm³/mol. The van der Waals surface area contributed by atoms with Crippen LogP contribution in [0.25, 0.3) is 0 Å². The lowest BCUT2D eigenvalue weighted by Gasteiger charge is -1.82. The lowest BCUT2D eigenvalue weighted by molar-refractivity contribution is 1.22. The topological polar surface area (TPSA) is 76.8 Å². The molecule has 0 unspecified atom stereocenters. The first-order valence-electron chi connectivity index (χ1n) is 3.37. The van der Waals surface area contributed by atoms with E-state index in [9.17, 15) is 0 Å². The van der Waals surface area contributed by atoms with Gasteiger partial charge in [-0.25, -0.2) is 0 Å². The van der Waals surface area contributed by atoms with Gasteiger partial charge < -0.3 is 11.5 Å². The molecule has 0 aliphatic carbocycles. The SMILES string of the molecule is Cc1ccc(C=NN=C(N)N)s1. The highest BCUT2D eigenvalue weighted by Gasteiger charge is 1.90. The number of hydrogen-bond acceptors (Lipinski definition) is 3. The summed E-state index contributed by atoms with van der Waals surface area (Å²) in [6, 6.07) is 3.98. The van der Waals surface area contributed by atoms with Gasteiger partial charge in [0.1, 0.15) is 0 Å². The maximum absolute atomic E-state index is 5.08. The predicted octanol–water partition coefficient (Wildman–Crippen LogP) is 0.664. The van der Waals surface area contributed by atoms with E-state index in [0.29, 0.717) is 0 Å². The van der Waals surface area contributed by atoms with Crippen molar-refractivity contribution >= 4 is 23.5 Å². The zero-order chi connectivity index (χ0) is 8.97. The van der Waals surface area contributed by atoms with Crippen molar-refractivity contribution in [1.29, 1.82) is 0 Å². The Kier molecular flexibility index (Phi) is 2.82. The third-order valence-corrected chi connectivity index (χ3v) is 2.05. The van der Waals surface area contributed by atoms with Gasteiger partial charge in [0, 0.05) is 9.75 Å². The molecule has 5 heteroatoms. The number of guanidine groups is 1. The van der Waals surface area contributed by atoms with Gasteiger partial charge in [-0.15, -0.1) is 16.4 Å². The fraction of sp³-hybridized carbons (Fsp3) is 0.143. The maximum Gasteiger partial charge on any atom is 0.211 e. The highest BCUT2D eigenvalue weighted by molar-refractivity contribution is 7.13. The van der Waals surface area contributed by atoms with Gasteiger partial charge in [-0.1, -0.05) is 0 Å². The lowest BCUT2D eigenvalue weighted by atomic mass is 10.4. The van der Waals surface area contributed by atoms with Crippen LogP contribution in [0.2, 0.25) is 0 Å². The van der Waals surface area contributed by atoms with Crippen LogP contribution in [0.3, 0.4) is 0 Å². The highest BCUT2D eigenvalue weighted by Crippen LogP contribution is 2.12. The van der Waals surface area contributed by atoms with Gasteiger partial charge in [0.2, 0.25) is 5.96 Å². The first kappa shape index (κ1) is 8.73. The third kappa shape index (κ3) is 2.71. The van der Waals surface area contributed by atoms with Gasteiger partial charge in [-0.3, -0.25) is 0 Å². The van der Waals surface area contributed by atoms with Crippen LogP contribution in [0.15, 0.2) is 22.3 Å². The summed E-state index contributed by atoms with van der Waals surface area (Å²) in [5, 5.41) is 7.16. The first-order chi connectivity index (χ1) is 5.68. The minimum atomic E-state index is -0.0282. The molecule has 4 nitrogen and oxygen atoms in total. The summed E-state index contributed by atoms with van der Waals surface area (Å²) in [6.07, 6.45) is 1.62. The van der Waals surface area contributed by atoms with Crippen molar-refractivity contribution in [2.75, 3.05) is 0 Å². The van der Waals surface area contributed by atoms with Crippen LogP contribution in [0, 0.1) is 6.92 Å². The molecule has 0 saturated carbocycles. The molecule has 0 aliphatic rings. The monoisotopic (exact) mass is 182 g/mol. The summed E-state index contributed by atoms with van der Waals surface area (Å²) in [7, 11) is 0. The first-order valence-corrected chi connectivity index (χ1v) is 4.18. The minimum absolute atomic E-state index is 0.0282. The molecule has 4 N–H and O–H groups in total. The van der Waals surface area contributed by atoms with Gasteiger partial charge in [0.25, 0.3) is 0 Å². The summed E-state index contributed by atoms with van der Waals surface area (Å²) in [5.41, 5.74) is 10.2. The van der Waals surface area contributed by atoms with Crippen molar-refractivity contribution in [1.82, 2.24) is 0 Å². The van der Waals surface area contributed by atoms with E-state index in [-0.39, 0.29) is 5.96 Å². The Hall–Kier alpha value is -1.36.